The molecule has 10 heteroatoms. The minimum Gasteiger partial charge on any atom is -0.508 e. The van der Waals surface area contributed by atoms with Crippen LogP contribution in [0.1, 0.15) is 57.7 Å². The van der Waals surface area contributed by atoms with Gasteiger partial charge in [0.1, 0.15) is 29.2 Å². The van der Waals surface area contributed by atoms with Gasteiger partial charge in [-0.3, -0.25) is 9.59 Å². The second-order valence-electron chi connectivity index (χ2n) is 9.97. The van der Waals surface area contributed by atoms with E-state index < -0.39 is 42.2 Å². The lowest BCUT2D eigenvalue weighted by molar-refractivity contribution is -0.143. The van der Waals surface area contributed by atoms with Gasteiger partial charge >= 0.3 is 6.09 Å². The Labute approximate surface area is 223 Å². The summed E-state index contributed by atoms with van der Waals surface area (Å²) >= 11 is 0. The first-order chi connectivity index (χ1) is 17.9. The first-order valence-corrected chi connectivity index (χ1v) is 12.7. The number of phenolic OH excluding ortho intramolecular Hbond substituents is 2. The second kappa shape index (κ2) is 14.2. The third-order valence-corrected chi connectivity index (χ3v) is 5.56. The number of phenols is 2. The maximum absolute atomic E-state index is 14.0. The molecule has 0 aliphatic heterocycles. The van der Waals surface area contributed by atoms with Gasteiger partial charge in [0.2, 0.25) is 11.8 Å². The molecule has 2 atom stereocenters. The normalized spacial score (nSPS) is 12.8. The number of nitrogens with zero attached hydrogens (tertiary/aromatic N) is 1. The van der Waals surface area contributed by atoms with E-state index in [1.165, 1.54) is 29.2 Å². The molecule has 3 amide bonds. The summed E-state index contributed by atoms with van der Waals surface area (Å²) in [6.45, 7) is 6.81. The highest BCUT2D eigenvalue weighted by molar-refractivity contribution is 5.92. The predicted octanol–water partition coefficient (Wildman–Crippen LogP) is 3.01. The highest BCUT2D eigenvalue weighted by Crippen LogP contribution is 2.26. The van der Waals surface area contributed by atoms with Gasteiger partial charge in [-0.2, -0.15) is 0 Å². The zero-order valence-corrected chi connectivity index (χ0v) is 22.4. The number of unbranched alkanes of at least 4 members (excludes halogenated alkanes) is 1. The van der Waals surface area contributed by atoms with Crippen LogP contribution in [0.5, 0.6) is 11.5 Å². The van der Waals surface area contributed by atoms with Gasteiger partial charge in [-0.05, 0) is 62.6 Å². The fourth-order valence-electron chi connectivity index (χ4n) is 3.84. The van der Waals surface area contributed by atoms with Crippen LogP contribution >= 0.6 is 0 Å². The molecule has 2 aromatic rings. The van der Waals surface area contributed by atoms with E-state index in [0.29, 0.717) is 17.7 Å². The number of alkyl carbamates (subject to hydrolysis) is 1. The Balaban J connectivity index is 2.49. The highest BCUT2D eigenvalue weighted by atomic mass is 16.6. The van der Waals surface area contributed by atoms with Crippen LogP contribution in [0.2, 0.25) is 0 Å². The maximum Gasteiger partial charge on any atom is 0.408 e. The standard InChI is InChI=1S/C28H39N3O7/c1-5-6-14-29-25(35)24(20-8-7-9-22(34)18-20)31(15-16-32)26(36)23(30-27(37)38-28(2,3)4)17-19-10-12-21(33)13-11-19/h7-13,18,23-24,32-34H,5-6,14-17H2,1-4H3,(H,29,35)(H,30,37). The smallest absolute Gasteiger partial charge is 0.408 e. The molecule has 0 saturated heterocycles. The summed E-state index contributed by atoms with van der Waals surface area (Å²) in [7, 11) is 0. The van der Waals surface area contributed by atoms with Crippen molar-refractivity contribution in [2.24, 2.45) is 0 Å². The zero-order valence-electron chi connectivity index (χ0n) is 22.4. The summed E-state index contributed by atoms with van der Waals surface area (Å²) in [4.78, 5) is 41.2. The van der Waals surface area contributed by atoms with Crippen molar-refractivity contribution >= 4 is 17.9 Å². The van der Waals surface area contributed by atoms with Crippen molar-refractivity contribution in [3.8, 4) is 11.5 Å². The number of aliphatic hydroxyl groups is 1. The van der Waals surface area contributed by atoms with Crippen LogP contribution in [0.25, 0.3) is 0 Å². The average Bonchev–Trinajstić information content (AvgIpc) is 2.83. The molecule has 0 heterocycles. The molecule has 0 bridgehead atoms. The fraction of sp³-hybridized carbons (Fsp3) is 0.464. The number of rotatable bonds is 12. The monoisotopic (exact) mass is 529 g/mol. The van der Waals surface area contributed by atoms with Crippen molar-refractivity contribution in [1.29, 1.82) is 0 Å². The summed E-state index contributed by atoms with van der Waals surface area (Å²) < 4.78 is 5.37. The summed E-state index contributed by atoms with van der Waals surface area (Å²) in [5.41, 5.74) is 0.175. The van der Waals surface area contributed by atoms with Crippen molar-refractivity contribution in [1.82, 2.24) is 15.5 Å². The molecule has 0 aliphatic carbocycles. The molecule has 0 spiro atoms. The molecule has 208 valence electrons. The Hall–Kier alpha value is -3.79. The molecule has 0 fully saturated rings. The Bertz CT molecular complexity index is 1070. The van der Waals surface area contributed by atoms with E-state index in [9.17, 15) is 29.7 Å². The number of hydrogen-bond donors (Lipinski definition) is 5. The van der Waals surface area contributed by atoms with Crippen LogP contribution in [-0.4, -0.2) is 69.5 Å². The molecule has 10 nitrogen and oxygen atoms in total. The lowest BCUT2D eigenvalue weighted by Crippen LogP contribution is -2.54. The maximum atomic E-state index is 14.0. The third kappa shape index (κ3) is 9.59. The molecular weight excluding hydrogens is 490 g/mol. The number of aromatic hydroxyl groups is 2. The van der Waals surface area contributed by atoms with Crippen LogP contribution in [-0.2, 0) is 20.7 Å². The number of hydrogen-bond acceptors (Lipinski definition) is 7. The number of aliphatic hydroxyl groups excluding tert-OH is 1. The van der Waals surface area contributed by atoms with Gasteiger partial charge in [0.05, 0.1) is 6.61 Å². The molecule has 0 saturated carbocycles. The first kappa shape index (κ1) is 30.4. The third-order valence-electron chi connectivity index (χ3n) is 5.56. The van der Waals surface area contributed by atoms with E-state index in [-0.39, 0.29) is 24.5 Å². The topological polar surface area (TPSA) is 148 Å². The zero-order chi connectivity index (χ0) is 28.3. The molecule has 2 rings (SSSR count). The summed E-state index contributed by atoms with van der Waals surface area (Å²) in [6.07, 6.45) is 0.797. The fourth-order valence-corrected chi connectivity index (χ4v) is 3.84. The Kier molecular flexibility index (Phi) is 11.4. The van der Waals surface area contributed by atoms with Crippen LogP contribution in [0.4, 0.5) is 4.79 Å². The second-order valence-corrected chi connectivity index (χ2v) is 9.97. The number of nitrogens with one attached hydrogen (secondary N) is 2. The molecule has 5 N–H and O–H groups in total. The van der Waals surface area contributed by atoms with Crippen LogP contribution in [0.15, 0.2) is 48.5 Å². The Morgan fingerprint density at radius 1 is 1.03 bits per heavy atom. The molecule has 0 aromatic heterocycles. The van der Waals surface area contributed by atoms with Crippen molar-refractivity contribution in [2.75, 3.05) is 19.7 Å². The van der Waals surface area contributed by atoms with Crippen molar-refractivity contribution in [3.05, 3.63) is 59.7 Å². The van der Waals surface area contributed by atoms with E-state index >= 15 is 0 Å². The van der Waals surface area contributed by atoms with Gasteiger partial charge in [-0.25, -0.2) is 4.79 Å². The van der Waals surface area contributed by atoms with Crippen LogP contribution in [0, 0.1) is 0 Å². The number of carbonyl (C=O) groups is 3. The molecule has 38 heavy (non-hydrogen) atoms. The number of amides is 3. The van der Waals surface area contributed by atoms with E-state index in [0.717, 1.165) is 12.8 Å². The van der Waals surface area contributed by atoms with E-state index in [4.69, 9.17) is 4.74 Å². The molecule has 0 aliphatic rings. The molecule has 2 aromatic carbocycles. The predicted molar refractivity (Wildman–Crippen MR) is 143 cm³/mol. The summed E-state index contributed by atoms with van der Waals surface area (Å²) in [5, 5.41) is 35.0. The lowest BCUT2D eigenvalue weighted by atomic mass is 10.00. The highest BCUT2D eigenvalue weighted by Gasteiger charge is 2.36. The van der Waals surface area contributed by atoms with E-state index in [1.807, 2.05) is 6.92 Å². The van der Waals surface area contributed by atoms with Gasteiger partial charge < -0.3 is 35.6 Å². The quantitative estimate of drug-likeness (QED) is 0.265. The SMILES string of the molecule is CCCCNC(=O)C(c1cccc(O)c1)N(CCO)C(=O)C(Cc1ccc(O)cc1)NC(=O)OC(C)(C)C. The lowest BCUT2D eigenvalue weighted by Gasteiger charge is -2.34. The Morgan fingerprint density at radius 3 is 2.29 bits per heavy atom. The van der Waals surface area contributed by atoms with Crippen LogP contribution in [0.3, 0.4) is 0 Å². The minimum absolute atomic E-state index is 0.0322. The largest absolute Gasteiger partial charge is 0.508 e. The van der Waals surface area contributed by atoms with Gasteiger partial charge in [-0.1, -0.05) is 37.6 Å². The summed E-state index contributed by atoms with van der Waals surface area (Å²) in [5.74, 6) is -1.15. The first-order valence-electron chi connectivity index (χ1n) is 12.7. The Morgan fingerprint density at radius 2 is 1.71 bits per heavy atom. The van der Waals surface area contributed by atoms with E-state index in [1.54, 1.807) is 45.0 Å². The van der Waals surface area contributed by atoms with Gasteiger partial charge in [-0.15, -0.1) is 0 Å². The van der Waals surface area contributed by atoms with Gasteiger partial charge in [0, 0.05) is 19.5 Å². The van der Waals surface area contributed by atoms with Crippen molar-refractivity contribution < 1.29 is 34.4 Å². The minimum atomic E-state index is -1.18. The van der Waals surface area contributed by atoms with Gasteiger partial charge in [0.25, 0.3) is 0 Å². The molecular formula is C28H39N3O7. The average molecular weight is 530 g/mol. The van der Waals surface area contributed by atoms with Crippen molar-refractivity contribution in [2.45, 2.75) is 64.6 Å². The number of benzene rings is 2. The van der Waals surface area contributed by atoms with E-state index in [2.05, 4.69) is 10.6 Å². The molecule has 2 unspecified atom stereocenters. The van der Waals surface area contributed by atoms with Gasteiger partial charge in [0.15, 0.2) is 0 Å². The van der Waals surface area contributed by atoms with Crippen molar-refractivity contribution in [3.63, 3.8) is 0 Å². The summed E-state index contributed by atoms with van der Waals surface area (Å²) in [6, 6.07) is 9.83. The number of ether oxygens (including phenoxy) is 1. The number of carbonyl (C=O) groups excluding carboxylic acids is 3. The molecule has 0 radical (unpaired) electrons. The van der Waals surface area contributed by atoms with Crippen LogP contribution < -0.4 is 10.6 Å².